The Bertz CT molecular complexity index is 277. The smallest absolute Gasteiger partial charge is 0.120 e. The summed E-state index contributed by atoms with van der Waals surface area (Å²) in [4.78, 5) is 0. The highest BCUT2D eigenvalue weighted by Crippen LogP contribution is 2.18. The van der Waals surface area contributed by atoms with Gasteiger partial charge in [0.05, 0.1) is 0 Å². The van der Waals surface area contributed by atoms with E-state index in [1.54, 1.807) is 6.08 Å². The Morgan fingerprint density at radius 1 is 1.15 bits per heavy atom. The summed E-state index contributed by atoms with van der Waals surface area (Å²) in [5.41, 5.74) is 0.856. The molecule has 1 aromatic rings. The van der Waals surface area contributed by atoms with Crippen LogP contribution in [-0.2, 0) is 0 Å². The van der Waals surface area contributed by atoms with E-state index in [-0.39, 0.29) is 5.60 Å². The van der Waals surface area contributed by atoms with Gasteiger partial charge in [-0.3, -0.25) is 0 Å². The van der Waals surface area contributed by atoms with Crippen LogP contribution in [0.25, 0.3) is 6.08 Å². The fourth-order valence-electron chi connectivity index (χ4n) is 1.00. The van der Waals surface area contributed by atoms with E-state index < -0.39 is 0 Å². The maximum Gasteiger partial charge on any atom is 0.120 e. The average Bonchev–Trinajstić information content (AvgIpc) is 2.03. The highest BCUT2D eigenvalue weighted by atomic mass is 16.5. The van der Waals surface area contributed by atoms with E-state index >= 15 is 0 Å². The van der Waals surface area contributed by atoms with Crippen molar-refractivity contribution in [2.24, 2.45) is 0 Å². The molecule has 1 rings (SSSR count). The van der Waals surface area contributed by atoms with Crippen LogP contribution in [0, 0.1) is 6.58 Å². The lowest BCUT2D eigenvalue weighted by Crippen LogP contribution is -2.22. The first-order valence-corrected chi connectivity index (χ1v) is 4.35. The molecule has 13 heavy (non-hydrogen) atoms. The number of benzene rings is 1. The maximum absolute atomic E-state index is 5.65. The fourth-order valence-corrected chi connectivity index (χ4v) is 1.00. The Hall–Kier alpha value is -1.24. The molecule has 0 fully saturated rings. The van der Waals surface area contributed by atoms with Crippen molar-refractivity contribution in [3.63, 3.8) is 0 Å². The Balaban J connectivity index is 2.75. The van der Waals surface area contributed by atoms with Crippen molar-refractivity contribution in [1.29, 1.82) is 0 Å². The molecular formula is C12H15O. The van der Waals surface area contributed by atoms with E-state index in [9.17, 15) is 0 Å². The Morgan fingerprint density at radius 3 is 2.08 bits per heavy atom. The zero-order valence-electron chi connectivity index (χ0n) is 8.37. The highest BCUT2D eigenvalue weighted by molar-refractivity contribution is 5.47. The molecule has 0 amide bonds. The number of rotatable bonds is 2. The van der Waals surface area contributed by atoms with E-state index in [1.807, 2.05) is 45.0 Å². The zero-order valence-corrected chi connectivity index (χ0v) is 8.37. The van der Waals surface area contributed by atoms with Crippen LogP contribution >= 0.6 is 0 Å². The van der Waals surface area contributed by atoms with E-state index in [2.05, 4.69) is 0 Å². The summed E-state index contributed by atoms with van der Waals surface area (Å²) in [5, 5.41) is 0. The largest absolute Gasteiger partial charge is 0.488 e. The second-order valence-corrected chi connectivity index (χ2v) is 3.95. The summed E-state index contributed by atoms with van der Waals surface area (Å²) in [6.45, 7) is 11.4. The third kappa shape index (κ3) is 3.32. The normalized spacial score (nSPS) is 11.0. The predicted molar refractivity (Wildman–Crippen MR) is 55.6 cm³/mol. The minimum Gasteiger partial charge on any atom is -0.488 e. The van der Waals surface area contributed by atoms with Crippen molar-refractivity contribution in [3.8, 4) is 5.75 Å². The fraction of sp³-hybridized carbons (Fsp3) is 0.333. The first kappa shape index (κ1) is 9.85. The van der Waals surface area contributed by atoms with E-state index in [0.717, 1.165) is 11.3 Å². The molecule has 0 heterocycles. The van der Waals surface area contributed by atoms with E-state index in [0.29, 0.717) is 0 Å². The second-order valence-electron chi connectivity index (χ2n) is 3.95. The minimum absolute atomic E-state index is 0.145. The summed E-state index contributed by atoms with van der Waals surface area (Å²) in [5.74, 6) is 0.873. The number of hydrogen-bond acceptors (Lipinski definition) is 1. The summed E-state index contributed by atoms with van der Waals surface area (Å²) in [6, 6.07) is 7.70. The second kappa shape index (κ2) is 3.65. The Morgan fingerprint density at radius 2 is 1.69 bits per heavy atom. The first-order valence-electron chi connectivity index (χ1n) is 4.35. The van der Waals surface area contributed by atoms with Gasteiger partial charge in [0.1, 0.15) is 11.4 Å². The van der Waals surface area contributed by atoms with Gasteiger partial charge in [-0.25, -0.2) is 0 Å². The van der Waals surface area contributed by atoms with Crippen molar-refractivity contribution in [2.75, 3.05) is 0 Å². The molecule has 69 valence electrons. The molecule has 0 aliphatic heterocycles. The number of ether oxygens (including phenoxy) is 1. The topological polar surface area (TPSA) is 9.23 Å². The van der Waals surface area contributed by atoms with Gasteiger partial charge in [-0.1, -0.05) is 24.8 Å². The lowest BCUT2D eigenvalue weighted by Gasteiger charge is -2.21. The summed E-state index contributed by atoms with van der Waals surface area (Å²) in [6.07, 6.45) is 1.57. The highest BCUT2D eigenvalue weighted by Gasteiger charge is 2.10. The van der Waals surface area contributed by atoms with Gasteiger partial charge in [-0.05, 0) is 38.5 Å². The Kier molecular flexibility index (Phi) is 2.76. The van der Waals surface area contributed by atoms with Gasteiger partial charge in [0.2, 0.25) is 0 Å². The van der Waals surface area contributed by atoms with Gasteiger partial charge in [0.25, 0.3) is 0 Å². The van der Waals surface area contributed by atoms with Crippen molar-refractivity contribution < 1.29 is 4.74 Å². The molecule has 0 saturated heterocycles. The summed E-state index contributed by atoms with van der Waals surface area (Å²) < 4.78 is 5.65. The van der Waals surface area contributed by atoms with Crippen molar-refractivity contribution in [1.82, 2.24) is 0 Å². The molecular weight excluding hydrogens is 160 g/mol. The van der Waals surface area contributed by atoms with Gasteiger partial charge in [0.15, 0.2) is 0 Å². The van der Waals surface area contributed by atoms with Crippen LogP contribution in [0.5, 0.6) is 5.75 Å². The molecule has 1 aromatic carbocycles. The van der Waals surface area contributed by atoms with Crippen LogP contribution in [0.2, 0.25) is 0 Å². The monoisotopic (exact) mass is 175 g/mol. The predicted octanol–water partition coefficient (Wildman–Crippen LogP) is 3.31. The van der Waals surface area contributed by atoms with Gasteiger partial charge < -0.3 is 4.74 Å². The van der Waals surface area contributed by atoms with E-state index in [4.69, 9.17) is 11.3 Å². The molecule has 1 heteroatoms. The lowest BCUT2D eigenvalue weighted by atomic mass is 10.2. The minimum atomic E-state index is -0.145. The van der Waals surface area contributed by atoms with Gasteiger partial charge in [-0.15, -0.1) is 0 Å². The molecule has 0 bridgehead atoms. The zero-order chi connectivity index (χ0) is 9.90. The first-order chi connectivity index (χ1) is 6.01. The van der Waals surface area contributed by atoms with Crippen molar-refractivity contribution >= 4 is 6.08 Å². The third-order valence-electron chi connectivity index (χ3n) is 1.50. The SMILES string of the molecule is [CH]=Cc1ccc(OC(C)(C)C)cc1. The van der Waals surface area contributed by atoms with E-state index in [1.165, 1.54) is 0 Å². The molecule has 0 saturated carbocycles. The van der Waals surface area contributed by atoms with Crippen molar-refractivity contribution in [3.05, 3.63) is 36.4 Å². The van der Waals surface area contributed by atoms with Crippen LogP contribution in [0.4, 0.5) is 0 Å². The molecule has 0 atom stereocenters. The van der Waals surface area contributed by atoms with Crippen LogP contribution < -0.4 is 4.74 Å². The molecule has 1 radical (unpaired) electrons. The van der Waals surface area contributed by atoms with Crippen LogP contribution in [0.3, 0.4) is 0 Å². The molecule has 1 nitrogen and oxygen atoms in total. The summed E-state index contributed by atoms with van der Waals surface area (Å²) in [7, 11) is 0. The van der Waals surface area contributed by atoms with Gasteiger partial charge in [-0.2, -0.15) is 0 Å². The van der Waals surface area contributed by atoms with Gasteiger partial charge in [0, 0.05) is 0 Å². The number of hydrogen-bond donors (Lipinski definition) is 0. The molecule has 0 spiro atoms. The summed E-state index contributed by atoms with van der Waals surface area (Å²) >= 11 is 0. The van der Waals surface area contributed by atoms with Crippen LogP contribution in [0.1, 0.15) is 26.3 Å². The lowest BCUT2D eigenvalue weighted by molar-refractivity contribution is 0.131. The third-order valence-corrected chi connectivity index (χ3v) is 1.50. The van der Waals surface area contributed by atoms with Crippen LogP contribution in [0.15, 0.2) is 24.3 Å². The molecule has 0 N–H and O–H groups in total. The molecule has 0 aliphatic carbocycles. The Labute approximate surface area is 80.0 Å². The molecule has 0 unspecified atom stereocenters. The van der Waals surface area contributed by atoms with Crippen LogP contribution in [-0.4, -0.2) is 5.60 Å². The molecule has 0 aromatic heterocycles. The average molecular weight is 175 g/mol. The van der Waals surface area contributed by atoms with Crippen molar-refractivity contribution in [2.45, 2.75) is 26.4 Å². The maximum atomic E-state index is 5.65. The molecule has 0 aliphatic rings. The standard InChI is InChI=1S/C12H15O/c1-5-10-6-8-11(9-7-10)13-12(2,3)4/h1,5-9H,2-4H3. The van der Waals surface area contributed by atoms with Gasteiger partial charge >= 0.3 is 0 Å². The quantitative estimate of drug-likeness (QED) is 0.670.